The summed E-state index contributed by atoms with van der Waals surface area (Å²) in [5.41, 5.74) is 2.38. The molecule has 0 unspecified atom stereocenters. The first-order chi connectivity index (χ1) is 10.1. The first-order valence-electron chi connectivity index (χ1n) is 7.75. The molecule has 0 saturated heterocycles. The Balaban J connectivity index is 2.15. The Kier molecular flexibility index (Phi) is 8.67. The highest BCUT2D eigenvalue weighted by atomic mass is 32.1. The van der Waals surface area contributed by atoms with Crippen molar-refractivity contribution in [3.63, 3.8) is 0 Å². The number of unbranched alkanes of at least 4 members (excludes halogenated alkanes) is 4. The van der Waals surface area contributed by atoms with Crippen LogP contribution in [0, 0.1) is 6.92 Å². The van der Waals surface area contributed by atoms with E-state index in [9.17, 15) is 4.79 Å². The standard InChI is InChI=1S/C17H26N2OS/c1-3-4-5-6-7-8-16(20)19-17(21)18-13-15-11-9-14(2)10-12-15/h9-12H,3-8,13H2,1-2H3,(H2,18,19,20,21). The van der Waals surface area contributed by atoms with Gasteiger partial charge in [-0.2, -0.15) is 0 Å². The molecule has 0 saturated carbocycles. The number of benzene rings is 1. The number of aryl methyl sites for hydroxylation is 1. The molecule has 1 amide bonds. The molecule has 0 aliphatic rings. The lowest BCUT2D eigenvalue weighted by atomic mass is 10.1. The van der Waals surface area contributed by atoms with E-state index in [0.717, 1.165) is 18.4 Å². The summed E-state index contributed by atoms with van der Waals surface area (Å²) in [7, 11) is 0. The topological polar surface area (TPSA) is 41.1 Å². The molecule has 1 aromatic rings. The van der Waals surface area contributed by atoms with Gasteiger partial charge in [0.15, 0.2) is 5.11 Å². The lowest BCUT2D eigenvalue weighted by Crippen LogP contribution is -2.38. The van der Waals surface area contributed by atoms with Crippen LogP contribution in [0.3, 0.4) is 0 Å². The Hall–Kier alpha value is -1.42. The van der Waals surface area contributed by atoms with Crippen LogP contribution >= 0.6 is 12.2 Å². The van der Waals surface area contributed by atoms with Crippen LogP contribution in [0.15, 0.2) is 24.3 Å². The lowest BCUT2D eigenvalue weighted by molar-refractivity contribution is -0.119. The predicted octanol–water partition coefficient (Wildman–Crippen LogP) is 3.85. The number of carbonyl (C=O) groups is 1. The molecule has 0 fully saturated rings. The van der Waals surface area contributed by atoms with E-state index in [-0.39, 0.29) is 5.91 Å². The van der Waals surface area contributed by atoms with Crippen LogP contribution in [0.5, 0.6) is 0 Å². The van der Waals surface area contributed by atoms with Gasteiger partial charge < -0.3 is 10.6 Å². The fraction of sp³-hybridized carbons (Fsp3) is 0.529. The quantitative estimate of drug-likeness (QED) is 0.566. The molecule has 0 heterocycles. The van der Waals surface area contributed by atoms with E-state index in [1.165, 1.54) is 24.8 Å². The van der Waals surface area contributed by atoms with Crippen molar-refractivity contribution in [2.75, 3.05) is 0 Å². The number of nitrogens with one attached hydrogen (secondary N) is 2. The maximum atomic E-state index is 11.7. The van der Waals surface area contributed by atoms with Gasteiger partial charge in [0.05, 0.1) is 0 Å². The number of rotatable bonds is 8. The SMILES string of the molecule is CCCCCCCC(=O)NC(=S)NCc1ccc(C)cc1. The van der Waals surface area contributed by atoms with Crippen LogP contribution < -0.4 is 10.6 Å². The molecule has 0 bridgehead atoms. The van der Waals surface area contributed by atoms with Crippen LogP contribution in [0.4, 0.5) is 0 Å². The second-order valence-electron chi connectivity index (χ2n) is 5.38. The van der Waals surface area contributed by atoms with E-state index >= 15 is 0 Å². The summed E-state index contributed by atoms with van der Waals surface area (Å²) in [6, 6.07) is 8.24. The van der Waals surface area contributed by atoms with Crippen molar-refractivity contribution in [3.8, 4) is 0 Å². The molecule has 3 nitrogen and oxygen atoms in total. The maximum absolute atomic E-state index is 11.7. The van der Waals surface area contributed by atoms with Gasteiger partial charge in [-0.25, -0.2) is 0 Å². The van der Waals surface area contributed by atoms with Gasteiger partial charge in [0.25, 0.3) is 0 Å². The minimum atomic E-state index is 0.00732. The minimum Gasteiger partial charge on any atom is -0.358 e. The molecule has 0 aliphatic heterocycles. The normalized spacial score (nSPS) is 10.2. The van der Waals surface area contributed by atoms with Gasteiger partial charge in [0, 0.05) is 13.0 Å². The average molecular weight is 306 g/mol. The first kappa shape index (κ1) is 17.6. The van der Waals surface area contributed by atoms with Crippen LogP contribution in [0.25, 0.3) is 0 Å². The molecule has 1 rings (SSSR count). The Morgan fingerprint density at radius 1 is 1.10 bits per heavy atom. The zero-order valence-electron chi connectivity index (χ0n) is 13.1. The molecule has 4 heteroatoms. The van der Waals surface area contributed by atoms with E-state index in [1.54, 1.807) is 0 Å². The predicted molar refractivity (Wildman–Crippen MR) is 92.1 cm³/mol. The van der Waals surface area contributed by atoms with Gasteiger partial charge in [-0.1, -0.05) is 62.4 Å². The molecule has 0 aliphatic carbocycles. The number of amides is 1. The summed E-state index contributed by atoms with van der Waals surface area (Å²) in [4.78, 5) is 11.7. The molecule has 0 aromatic heterocycles. The summed E-state index contributed by atoms with van der Waals surface area (Å²) in [6.45, 7) is 4.88. The molecule has 116 valence electrons. The molecular weight excluding hydrogens is 280 g/mol. The fourth-order valence-electron chi connectivity index (χ4n) is 2.01. The zero-order chi connectivity index (χ0) is 15.5. The minimum absolute atomic E-state index is 0.00732. The van der Waals surface area contributed by atoms with Crippen molar-refractivity contribution >= 4 is 23.2 Å². The van der Waals surface area contributed by atoms with Gasteiger partial charge in [0.1, 0.15) is 0 Å². The summed E-state index contributed by atoms with van der Waals surface area (Å²) >= 11 is 5.13. The third kappa shape index (κ3) is 8.45. The van der Waals surface area contributed by atoms with Gasteiger partial charge in [0.2, 0.25) is 5.91 Å². The summed E-state index contributed by atoms with van der Waals surface area (Å²) < 4.78 is 0. The zero-order valence-corrected chi connectivity index (χ0v) is 13.9. The second kappa shape index (κ2) is 10.3. The number of thiocarbonyl (C=S) groups is 1. The maximum Gasteiger partial charge on any atom is 0.226 e. The van der Waals surface area contributed by atoms with E-state index in [0.29, 0.717) is 18.1 Å². The molecule has 0 spiro atoms. The largest absolute Gasteiger partial charge is 0.358 e. The van der Waals surface area contributed by atoms with Crippen LogP contribution in [0.2, 0.25) is 0 Å². The van der Waals surface area contributed by atoms with E-state index < -0.39 is 0 Å². The molecule has 1 aromatic carbocycles. The molecule has 2 N–H and O–H groups in total. The lowest BCUT2D eigenvalue weighted by Gasteiger charge is -2.09. The van der Waals surface area contributed by atoms with Crippen molar-refractivity contribution in [2.45, 2.75) is 58.9 Å². The van der Waals surface area contributed by atoms with Crippen LogP contribution in [-0.2, 0) is 11.3 Å². The van der Waals surface area contributed by atoms with Crippen molar-refractivity contribution in [1.82, 2.24) is 10.6 Å². The van der Waals surface area contributed by atoms with Crippen molar-refractivity contribution in [1.29, 1.82) is 0 Å². The Labute approximate surface area is 133 Å². The third-order valence-electron chi connectivity index (χ3n) is 3.33. The molecular formula is C17H26N2OS. The van der Waals surface area contributed by atoms with Gasteiger partial charge in [-0.15, -0.1) is 0 Å². The van der Waals surface area contributed by atoms with Gasteiger partial charge in [-0.3, -0.25) is 4.79 Å². The highest BCUT2D eigenvalue weighted by Crippen LogP contribution is 2.05. The Bertz CT molecular complexity index is 443. The van der Waals surface area contributed by atoms with Crippen molar-refractivity contribution in [2.24, 2.45) is 0 Å². The van der Waals surface area contributed by atoms with E-state index in [2.05, 4.69) is 48.7 Å². The van der Waals surface area contributed by atoms with Crippen molar-refractivity contribution in [3.05, 3.63) is 35.4 Å². The highest BCUT2D eigenvalue weighted by molar-refractivity contribution is 7.80. The Morgan fingerprint density at radius 3 is 2.43 bits per heavy atom. The molecule has 0 radical (unpaired) electrons. The number of carbonyl (C=O) groups excluding carboxylic acids is 1. The smallest absolute Gasteiger partial charge is 0.226 e. The van der Waals surface area contributed by atoms with Gasteiger partial charge in [-0.05, 0) is 31.1 Å². The average Bonchev–Trinajstić information content (AvgIpc) is 2.46. The summed E-state index contributed by atoms with van der Waals surface area (Å²) in [5, 5.41) is 6.20. The highest BCUT2D eigenvalue weighted by Gasteiger charge is 2.04. The fourth-order valence-corrected chi connectivity index (χ4v) is 2.20. The Morgan fingerprint density at radius 2 is 1.76 bits per heavy atom. The first-order valence-corrected chi connectivity index (χ1v) is 8.16. The van der Waals surface area contributed by atoms with Crippen LogP contribution in [-0.4, -0.2) is 11.0 Å². The van der Waals surface area contributed by atoms with Gasteiger partial charge >= 0.3 is 0 Å². The monoisotopic (exact) mass is 306 g/mol. The second-order valence-corrected chi connectivity index (χ2v) is 5.79. The molecule has 0 atom stereocenters. The number of hydrogen-bond donors (Lipinski definition) is 2. The summed E-state index contributed by atoms with van der Waals surface area (Å²) in [6.07, 6.45) is 6.28. The third-order valence-corrected chi connectivity index (χ3v) is 3.58. The van der Waals surface area contributed by atoms with E-state index in [4.69, 9.17) is 12.2 Å². The summed E-state index contributed by atoms with van der Waals surface area (Å²) in [5.74, 6) is 0.00732. The number of hydrogen-bond acceptors (Lipinski definition) is 2. The van der Waals surface area contributed by atoms with Crippen LogP contribution in [0.1, 0.15) is 56.6 Å². The van der Waals surface area contributed by atoms with E-state index in [1.807, 2.05) is 0 Å². The van der Waals surface area contributed by atoms with Crippen molar-refractivity contribution < 1.29 is 4.79 Å². The molecule has 21 heavy (non-hydrogen) atoms.